The van der Waals surface area contributed by atoms with E-state index >= 15 is 4.39 Å². The van der Waals surface area contributed by atoms with Crippen molar-refractivity contribution in [2.24, 2.45) is 0 Å². The fourth-order valence-electron chi connectivity index (χ4n) is 5.01. The predicted octanol–water partition coefficient (Wildman–Crippen LogP) is 6.53. The van der Waals surface area contributed by atoms with Crippen molar-refractivity contribution in [2.75, 3.05) is 11.9 Å². The Morgan fingerprint density at radius 3 is 2.21 bits per heavy atom. The average molecular weight is 538 g/mol. The van der Waals surface area contributed by atoms with Crippen LogP contribution < -0.4 is 16.1 Å². The Bertz CT molecular complexity index is 1260. The predicted molar refractivity (Wildman–Crippen MR) is 154 cm³/mol. The molecule has 0 aliphatic heterocycles. The van der Waals surface area contributed by atoms with Crippen LogP contribution in [0, 0.1) is 5.82 Å². The van der Waals surface area contributed by atoms with Gasteiger partial charge in [-0.05, 0) is 44.2 Å². The number of carboxylic acids is 1. The number of benzene rings is 2. The van der Waals surface area contributed by atoms with Gasteiger partial charge in [0.1, 0.15) is 11.4 Å². The molecule has 1 aliphatic rings. The van der Waals surface area contributed by atoms with Crippen molar-refractivity contribution < 1.29 is 19.1 Å². The van der Waals surface area contributed by atoms with Crippen molar-refractivity contribution in [1.82, 2.24) is 9.88 Å². The molecule has 0 radical (unpaired) electrons. The molecule has 39 heavy (non-hydrogen) atoms. The minimum atomic E-state index is -0.945. The molecule has 1 aromatic heterocycles. The summed E-state index contributed by atoms with van der Waals surface area (Å²) in [5, 5.41) is 14.9. The summed E-state index contributed by atoms with van der Waals surface area (Å²) in [4.78, 5) is 36.6. The maximum absolute atomic E-state index is 15.0. The van der Waals surface area contributed by atoms with Crippen LogP contribution in [0.4, 0.5) is 10.1 Å². The number of carboxylic acid groups (broad SMARTS) is 1. The normalized spacial score (nSPS) is 13.5. The maximum atomic E-state index is 15.0. The minimum absolute atomic E-state index is 0.0413. The standard InChI is InChI=1S/C25H34FN3O4.C6H6/c1-3-17(4-2)29-15-19(25(33)27-12-8-11-23(30)31)24(32)18-13-20(26)21(14-22(18)29)28-16-9-6-5-7-10-16;1-2-4-6-5-3-1/h13-17,28H,3-12H2,1-2H3,(H,27,33)(H,30,31);1-6H. The van der Waals surface area contributed by atoms with Gasteiger partial charge in [-0.3, -0.25) is 14.4 Å². The minimum Gasteiger partial charge on any atom is -0.481 e. The largest absolute Gasteiger partial charge is 0.481 e. The number of halogens is 1. The Morgan fingerprint density at radius 2 is 1.64 bits per heavy atom. The van der Waals surface area contributed by atoms with Crippen LogP contribution in [0.15, 0.2) is 59.5 Å². The molecule has 3 N–H and O–H groups in total. The van der Waals surface area contributed by atoms with Crippen LogP contribution in [0.5, 0.6) is 0 Å². The second-order valence-corrected chi connectivity index (χ2v) is 9.99. The van der Waals surface area contributed by atoms with Crippen LogP contribution >= 0.6 is 0 Å². The molecule has 1 saturated carbocycles. The quantitative estimate of drug-likeness (QED) is 0.255. The third-order valence-corrected chi connectivity index (χ3v) is 7.19. The molecule has 7 nitrogen and oxygen atoms in total. The number of hydrogen-bond donors (Lipinski definition) is 3. The molecule has 8 heteroatoms. The number of nitrogens with one attached hydrogen (secondary N) is 2. The lowest BCUT2D eigenvalue weighted by Gasteiger charge is -2.25. The molecule has 0 spiro atoms. The van der Waals surface area contributed by atoms with Gasteiger partial charge in [0.05, 0.1) is 11.2 Å². The fourth-order valence-corrected chi connectivity index (χ4v) is 5.01. The van der Waals surface area contributed by atoms with Crippen molar-refractivity contribution in [3.05, 3.63) is 76.3 Å². The van der Waals surface area contributed by atoms with E-state index in [-0.39, 0.29) is 42.4 Å². The number of fused-ring (bicyclic) bond motifs is 1. The summed E-state index contributed by atoms with van der Waals surface area (Å²) in [6.07, 6.45) is 8.78. The summed E-state index contributed by atoms with van der Waals surface area (Å²) < 4.78 is 17.0. The summed E-state index contributed by atoms with van der Waals surface area (Å²) in [5.41, 5.74) is 0.415. The number of pyridine rings is 1. The molecule has 1 aliphatic carbocycles. The van der Waals surface area contributed by atoms with Gasteiger partial charge in [-0.1, -0.05) is 69.5 Å². The molecule has 1 fully saturated rings. The van der Waals surface area contributed by atoms with Gasteiger partial charge in [0.15, 0.2) is 0 Å². The molecule has 0 atom stereocenters. The van der Waals surface area contributed by atoms with Crippen LogP contribution in [0.3, 0.4) is 0 Å². The fraction of sp³-hybridized carbons (Fsp3) is 0.452. The molecular formula is C31H40FN3O4. The zero-order chi connectivity index (χ0) is 28.2. The Kier molecular flexibility index (Phi) is 11.5. The van der Waals surface area contributed by atoms with Crippen molar-refractivity contribution in [3.63, 3.8) is 0 Å². The molecule has 1 amide bonds. The van der Waals surface area contributed by atoms with Crippen LogP contribution in [-0.4, -0.2) is 34.1 Å². The van der Waals surface area contributed by atoms with E-state index in [0.29, 0.717) is 11.2 Å². The number of carbonyl (C=O) groups is 2. The molecule has 210 valence electrons. The Labute approximate surface area is 229 Å². The number of carbonyl (C=O) groups excluding carboxylic acids is 1. The third-order valence-electron chi connectivity index (χ3n) is 7.19. The highest BCUT2D eigenvalue weighted by Crippen LogP contribution is 2.29. The molecule has 2 aromatic carbocycles. The van der Waals surface area contributed by atoms with Gasteiger partial charge in [0.25, 0.3) is 5.91 Å². The summed E-state index contributed by atoms with van der Waals surface area (Å²) >= 11 is 0. The summed E-state index contributed by atoms with van der Waals surface area (Å²) in [6.45, 7) is 4.22. The topological polar surface area (TPSA) is 100 Å². The molecule has 0 unspecified atom stereocenters. The maximum Gasteiger partial charge on any atom is 0.303 e. The van der Waals surface area contributed by atoms with Gasteiger partial charge in [0, 0.05) is 36.6 Å². The summed E-state index contributed by atoms with van der Waals surface area (Å²) in [5.74, 6) is -2.02. The van der Waals surface area contributed by atoms with Gasteiger partial charge in [-0.2, -0.15) is 0 Å². The Hall–Kier alpha value is -3.68. The lowest BCUT2D eigenvalue weighted by molar-refractivity contribution is -0.137. The van der Waals surface area contributed by atoms with E-state index in [9.17, 15) is 14.4 Å². The first-order valence-corrected chi connectivity index (χ1v) is 14.0. The van der Waals surface area contributed by atoms with E-state index in [1.165, 1.54) is 12.5 Å². The first-order chi connectivity index (χ1) is 18.8. The first kappa shape index (κ1) is 29.9. The van der Waals surface area contributed by atoms with E-state index in [4.69, 9.17) is 5.11 Å². The van der Waals surface area contributed by atoms with Gasteiger partial charge in [0.2, 0.25) is 5.43 Å². The number of amides is 1. The summed E-state index contributed by atoms with van der Waals surface area (Å²) in [7, 11) is 0. The second kappa shape index (κ2) is 15.0. The number of nitrogens with zero attached hydrogens (tertiary/aromatic N) is 1. The van der Waals surface area contributed by atoms with Crippen molar-refractivity contribution in [1.29, 1.82) is 0 Å². The number of aromatic nitrogens is 1. The Morgan fingerprint density at radius 1 is 1.03 bits per heavy atom. The van der Waals surface area contributed by atoms with E-state index in [1.807, 2.05) is 54.8 Å². The van der Waals surface area contributed by atoms with Crippen LogP contribution in [0.1, 0.15) is 88.0 Å². The van der Waals surface area contributed by atoms with Gasteiger partial charge in [-0.15, -0.1) is 0 Å². The SMILES string of the molecule is CCC(CC)n1cc(C(=O)NCCCC(=O)O)c(=O)c2cc(F)c(NC3CCCCC3)cc21.c1ccccc1. The highest BCUT2D eigenvalue weighted by Gasteiger charge is 2.21. The van der Waals surface area contributed by atoms with Crippen LogP contribution in [-0.2, 0) is 4.79 Å². The van der Waals surface area contributed by atoms with E-state index < -0.39 is 23.1 Å². The molecule has 1 heterocycles. The van der Waals surface area contributed by atoms with Gasteiger partial charge >= 0.3 is 5.97 Å². The van der Waals surface area contributed by atoms with Gasteiger partial charge in [-0.25, -0.2) is 4.39 Å². The molecule has 0 bridgehead atoms. The molecule has 3 aromatic rings. The zero-order valence-electron chi connectivity index (χ0n) is 22.9. The number of rotatable bonds is 10. The smallest absolute Gasteiger partial charge is 0.303 e. The number of aliphatic carboxylic acids is 1. The molecule has 4 rings (SSSR count). The first-order valence-electron chi connectivity index (χ1n) is 14.0. The van der Waals surface area contributed by atoms with Crippen molar-refractivity contribution >= 4 is 28.5 Å². The Balaban J connectivity index is 0.000000617. The van der Waals surface area contributed by atoms with E-state index in [2.05, 4.69) is 10.6 Å². The lowest BCUT2D eigenvalue weighted by Crippen LogP contribution is -2.31. The third kappa shape index (κ3) is 8.40. The van der Waals surface area contributed by atoms with Crippen LogP contribution in [0.2, 0.25) is 0 Å². The van der Waals surface area contributed by atoms with Crippen molar-refractivity contribution in [3.8, 4) is 0 Å². The zero-order valence-corrected chi connectivity index (χ0v) is 22.9. The van der Waals surface area contributed by atoms with E-state index in [0.717, 1.165) is 38.5 Å². The number of hydrogen-bond acceptors (Lipinski definition) is 4. The monoisotopic (exact) mass is 537 g/mol. The van der Waals surface area contributed by atoms with Crippen LogP contribution in [0.25, 0.3) is 10.9 Å². The van der Waals surface area contributed by atoms with E-state index in [1.54, 1.807) is 12.3 Å². The summed E-state index contributed by atoms with van der Waals surface area (Å²) in [6, 6.07) is 15.2. The highest BCUT2D eigenvalue weighted by molar-refractivity contribution is 5.97. The molecule has 0 saturated heterocycles. The van der Waals surface area contributed by atoms with Crippen molar-refractivity contribution in [2.45, 2.75) is 83.7 Å². The highest BCUT2D eigenvalue weighted by atomic mass is 19.1. The number of anilines is 1. The lowest BCUT2D eigenvalue weighted by atomic mass is 9.95. The molecular weight excluding hydrogens is 497 g/mol. The van der Waals surface area contributed by atoms with Gasteiger partial charge < -0.3 is 20.3 Å². The second-order valence-electron chi connectivity index (χ2n) is 9.99. The average Bonchev–Trinajstić information content (AvgIpc) is 2.95.